The molecule has 3 heterocycles. The minimum atomic E-state index is -0.679. The van der Waals surface area contributed by atoms with Gasteiger partial charge in [0.25, 0.3) is 0 Å². The van der Waals surface area contributed by atoms with E-state index in [2.05, 4.69) is 33.5 Å². The van der Waals surface area contributed by atoms with Gasteiger partial charge < -0.3 is 24.6 Å². The molecule has 10 nitrogen and oxygen atoms in total. The number of ether oxygens (including phenoxy) is 2. The monoisotopic (exact) mass is 516 g/mol. The summed E-state index contributed by atoms with van der Waals surface area (Å²) in [5.41, 5.74) is 2.91. The Bertz CT molecular complexity index is 1300. The van der Waals surface area contributed by atoms with Crippen LogP contribution in [-0.2, 0) is 32.6 Å². The van der Waals surface area contributed by atoms with Crippen LogP contribution in [0, 0.1) is 11.3 Å². The first-order valence-corrected chi connectivity index (χ1v) is 12.9. The van der Waals surface area contributed by atoms with Crippen molar-refractivity contribution in [2.75, 3.05) is 50.7 Å². The zero-order chi connectivity index (χ0) is 26.7. The van der Waals surface area contributed by atoms with Gasteiger partial charge in [-0.3, -0.25) is 9.59 Å². The third kappa shape index (κ3) is 4.58. The van der Waals surface area contributed by atoms with Crippen LogP contribution >= 0.6 is 0 Å². The zero-order valence-corrected chi connectivity index (χ0v) is 21.8. The maximum absolute atomic E-state index is 13.8. The Balaban J connectivity index is 1.47. The Labute approximate surface area is 222 Å². The first-order chi connectivity index (χ1) is 18.5. The second kappa shape index (κ2) is 10.8. The average Bonchev–Trinajstić information content (AvgIpc) is 2.93. The SMILES string of the molecule is COC/C=C/C(=O)N1CCN(c2nc(OC)nc3c2NC(=O)C2(CCCc4ccccc42)C3)CC1CC#N. The van der Waals surface area contributed by atoms with Crippen molar-refractivity contribution in [3.05, 3.63) is 53.2 Å². The molecule has 38 heavy (non-hydrogen) atoms. The summed E-state index contributed by atoms with van der Waals surface area (Å²) < 4.78 is 10.5. The molecule has 2 unspecified atom stereocenters. The average molecular weight is 517 g/mol. The number of hydrogen-bond donors (Lipinski definition) is 1. The molecule has 2 amide bonds. The van der Waals surface area contributed by atoms with Gasteiger partial charge in [0.05, 0.1) is 43.4 Å². The van der Waals surface area contributed by atoms with Gasteiger partial charge in [0, 0.05) is 39.2 Å². The van der Waals surface area contributed by atoms with Gasteiger partial charge in [-0.1, -0.05) is 30.3 Å². The summed E-state index contributed by atoms with van der Waals surface area (Å²) in [4.78, 5) is 39.6. The van der Waals surface area contributed by atoms with E-state index in [4.69, 9.17) is 9.47 Å². The topological polar surface area (TPSA) is 121 Å². The van der Waals surface area contributed by atoms with E-state index in [9.17, 15) is 14.9 Å². The maximum Gasteiger partial charge on any atom is 0.318 e. The van der Waals surface area contributed by atoms with Crippen LogP contribution in [0.25, 0.3) is 0 Å². The molecular formula is C28H32N6O4. The normalized spacial score (nSPS) is 22.6. The van der Waals surface area contributed by atoms with E-state index in [0.29, 0.717) is 44.2 Å². The summed E-state index contributed by atoms with van der Waals surface area (Å²) in [6.07, 6.45) is 6.43. The van der Waals surface area contributed by atoms with Crippen LogP contribution in [0.2, 0.25) is 0 Å². The second-order valence-corrected chi connectivity index (χ2v) is 9.93. The number of nitrogens with one attached hydrogen (secondary N) is 1. The summed E-state index contributed by atoms with van der Waals surface area (Å²) >= 11 is 0. The number of rotatable bonds is 6. The molecule has 3 aliphatic rings. The molecule has 2 aromatic rings. The highest BCUT2D eigenvalue weighted by molar-refractivity contribution is 6.04. The lowest BCUT2D eigenvalue weighted by atomic mass is 9.65. The van der Waals surface area contributed by atoms with Crippen LogP contribution in [-0.4, -0.2) is 73.2 Å². The number of amides is 2. The molecule has 1 aromatic carbocycles. The van der Waals surface area contributed by atoms with Crippen molar-refractivity contribution in [3.8, 4) is 12.1 Å². The lowest BCUT2D eigenvalue weighted by Gasteiger charge is -2.44. The van der Waals surface area contributed by atoms with E-state index >= 15 is 0 Å². The zero-order valence-electron chi connectivity index (χ0n) is 21.8. The summed E-state index contributed by atoms with van der Waals surface area (Å²) in [6, 6.07) is 10.3. The van der Waals surface area contributed by atoms with Gasteiger partial charge in [-0.15, -0.1) is 0 Å². The van der Waals surface area contributed by atoms with E-state index in [1.807, 2.05) is 17.0 Å². The van der Waals surface area contributed by atoms with Crippen molar-refractivity contribution in [3.63, 3.8) is 0 Å². The molecule has 1 aromatic heterocycles. The van der Waals surface area contributed by atoms with E-state index in [0.717, 1.165) is 30.5 Å². The molecule has 1 fully saturated rings. The predicted molar refractivity (Wildman–Crippen MR) is 141 cm³/mol. The fourth-order valence-electron chi connectivity index (χ4n) is 5.95. The number of hydrogen-bond acceptors (Lipinski definition) is 8. The van der Waals surface area contributed by atoms with Crippen molar-refractivity contribution >= 4 is 23.3 Å². The highest BCUT2D eigenvalue weighted by atomic mass is 16.5. The Hall–Kier alpha value is -3.97. The van der Waals surface area contributed by atoms with Crippen molar-refractivity contribution in [1.82, 2.24) is 14.9 Å². The molecule has 2 atom stereocenters. The van der Waals surface area contributed by atoms with E-state index in [1.165, 1.54) is 18.7 Å². The smallest absolute Gasteiger partial charge is 0.318 e. The van der Waals surface area contributed by atoms with Crippen molar-refractivity contribution in [2.45, 2.75) is 43.6 Å². The first kappa shape index (κ1) is 25.7. The number of nitriles is 1. The summed E-state index contributed by atoms with van der Waals surface area (Å²) in [6.45, 7) is 1.64. The second-order valence-electron chi connectivity index (χ2n) is 9.93. The van der Waals surface area contributed by atoms with Crippen LogP contribution in [0.5, 0.6) is 6.01 Å². The van der Waals surface area contributed by atoms with Crippen LogP contribution in [0.15, 0.2) is 36.4 Å². The third-order valence-corrected chi connectivity index (χ3v) is 7.77. The molecule has 1 saturated heterocycles. The molecule has 10 heteroatoms. The van der Waals surface area contributed by atoms with Gasteiger partial charge >= 0.3 is 6.01 Å². The van der Waals surface area contributed by atoms with Crippen LogP contribution in [0.1, 0.15) is 36.1 Å². The van der Waals surface area contributed by atoms with Crippen molar-refractivity contribution < 1.29 is 19.1 Å². The Kier molecular flexibility index (Phi) is 7.29. The van der Waals surface area contributed by atoms with Gasteiger partial charge in [-0.2, -0.15) is 15.2 Å². The summed E-state index contributed by atoms with van der Waals surface area (Å²) in [5.74, 6) is 0.359. The van der Waals surface area contributed by atoms with Gasteiger partial charge in [0.2, 0.25) is 11.8 Å². The number of aryl methyl sites for hydroxylation is 1. The lowest BCUT2D eigenvalue weighted by molar-refractivity contribution is -0.128. The fraction of sp³-hybridized carbons (Fsp3) is 0.464. The summed E-state index contributed by atoms with van der Waals surface area (Å²) in [5, 5.41) is 12.6. The molecule has 0 saturated carbocycles. The predicted octanol–water partition coefficient (Wildman–Crippen LogP) is 2.39. The number of fused-ring (bicyclic) bond motifs is 3. The number of anilines is 2. The van der Waals surface area contributed by atoms with Crippen molar-refractivity contribution in [2.24, 2.45) is 0 Å². The number of benzene rings is 1. The molecule has 0 radical (unpaired) electrons. The number of methoxy groups -OCH3 is 2. The Morgan fingerprint density at radius 3 is 2.92 bits per heavy atom. The molecular weight excluding hydrogens is 484 g/mol. The number of aromatic nitrogens is 2. The fourth-order valence-corrected chi connectivity index (χ4v) is 5.95. The van der Waals surface area contributed by atoms with E-state index < -0.39 is 5.41 Å². The van der Waals surface area contributed by atoms with Crippen LogP contribution in [0.3, 0.4) is 0 Å². The molecule has 198 valence electrons. The minimum Gasteiger partial charge on any atom is -0.467 e. The molecule has 1 spiro atoms. The first-order valence-electron chi connectivity index (χ1n) is 12.9. The third-order valence-electron chi connectivity index (χ3n) is 7.77. The Morgan fingerprint density at radius 2 is 2.13 bits per heavy atom. The van der Waals surface area contributed by atoms with Crippen molar-refractivity contribution in [1.29, 1.82) is 5.26 Å². The molecule has 5 rings (SSSR count). The quantitative estimate of drug-likeness (QED) is 0.581. The number of carbonyl (C=O) groups is 2. The standard InChI is InChI=1S/C28H32N6O4/c1-37-16-6-10-23(35)34-15-14-33(18-20(34)11-13-29)25-24-22(30-27(32-25)38-2)17-28(26(36)31-24)12-5-8-19-7-3-4-9-21(19)28/h3-4,6-7,9-10,20H,5,8,11-12,14-18H2,1-2H3,(H,31,36)/b10-6+. The minimum absolute atomic E-state index is 0.0437. The van der Waals surface area contributed by atoms with Gasteiger partial charge in [-0.05, 0) is 30.4 Å². The van der Waals surface area contributed by atoms with Gasteiger partial charge in [-0.25, -0.2) is 0 Å². The van der Waals surface area contributed by atoms with Gasteiger partial charge in [0.15, 0.2) is 5.82 Å². The highest BCUT2D eigenvalue weighted by Gasteiger charge is 2.48. The molecule has 1 N–H and O–H groups in total. The molecule has 1 aliphatic carbocycles. The highest BCUT2D eigenvalue weighted by Crippen LogP contribution is 2.46. The van der Waals surface area contributed by atoms with E-state index in [-0.39, 0.29) is 30.3 Å². The Morgan fingerprint density at radius 1 is 1.29 bits per heavy atom. The summed E-state index contributed by atoms with van der Waals surface area (Å²) in [7, 11) is 3.09. The van der Waals surface area contributed by atoms with Gasteiger partial charge in [0.1, 0.15) is 5.69 Å². The van der Waals surface area contributed by atoms with E-state index in [1.54, 1.807) is 18.1 Å². The van der Waals surface area contributed by atoms with Crippen LogP contribution < -0.4 is 15.0 Å². The largest absolute Gasteiger partial charge is 0.467 e. The van der Waals surface area contributed by atoms with Crippen LogP contribution in [0.4, 0.5) is 11.5 Å². The lowest BCUT2D eigenvalue weighted by Crippen LogP contribution is -2.55. The number of nitrogens with zero attached hydrogens (tertiary/aromatic N) is 5. The number of carbonyl (C=O) groups excluding carboxylic acids is 2. The molecule has 0 bridgehead atoms. The number of piperazine rings is 1. The maximum atomic E-state index is 13.8. The molecule has 2 aliphatic heterocycles.